The number of carbonyl (C=O) groups excluding carboxylic acids is 2. The van der Waals surface area contributed by atoms with Crippen LogP contribution in [0, 0.1) is 12.8 Å². The van der Waals surface area contributed by atoms with Crippen molar-refractivity contribution in [3.05, 3.63) is 29.8 Å². The third-order valence-electron chi connectivity index (χ3n) is 7.10. The van der Waals surface area contributed by atoms with Gasteiger partial charge in [-0.2, -0.15) is 0 Å². The highest BCUT2D eigenvalue weighted by atomic mass is 16.5. The van der Waals surface area contributed by atoms with E-state index in [2.05, 4.69) is 5.32 Å². The first-order chi connectivity index (χ1) is 14.1. The largest absolute Gasteiger partial charge is 0.370 e. The number of morpholine rings is 1. The molecule has 1 saturated carbocycles. The molecular weight excluding hydrogens is 366 g/mol. The first kappa shape index (κ1) is 20.4. The molecule has 3 fully saturated rings. The van der Waals surface area contributed by atoms with Crippen molar-refractivity contribution in [3.8, 4) is 0 Å². The van der Waals surface area contributed by atoms with Crippen LogP contribution in [0.15, 0.2) is 24.3 Å². The molecule has 1 aromatic rings. The maximum Gasteiger partial charge on any atom is 0.227 e. The summed E-state index contributed by atoms with van der Waals surface area (Å²) in [5, 5.41) is 3.25. The van der Waals surface area contributed by atoms with E-state index in [4.69, 9.17) is 4.74 Å². The topological polar surface area (TPSA) is 63.1 Å². The molecule has 0 radical (unpaired) electrons. The van der Waals surface area contributed by atoms with E-state index in [9.17, 15) is 9.59 Å². The molecule has 0 spiro atoms. The van der Waals surface area contributed by atoms with Crippen molar-refractivity contribution in [2.45, 2.75) is 51.0 Å². The molecule has 1 aliphatic carbocycles. The van der Waals surface area contributed by atoms with E-state index in [0.29, 0.717) is 13.0 Å². The molecule has 29 heavy (non-hydrogen) atoms. The first-order valence-corrected chi connectivity index (χ1v) is 11.2. The predicted octanol–water partition coefficient (Wildman–Crippen LogP) is 1.08. The van der Waals surface area contributed by atoms with Gasteiger partial charge in [0.2, 0.25) is 11.8 Å². The summed E-state index contributed by atoms with van der Waals surface area (Å²) in [4.78, 5) is 28.8. The summed E-state index contributed by atoms with van der Waals surface area (Å²) < 4.78 is 5.56. The number of amides is 2. The second-order valence-electron chi connectivity index (χ2n) is 9.02. The molecule has 2 saturated heterocycles. The van der Waals surface area contributed by atoms with Crippen molar-refractivity contribution < 1.29 is 19.2 Å². The average Bonchev–Trinajstić information content (AvgIpc) is 3.15. The van der Waals surface area contributed by atoms with Gasteiger partial charge in [-0.3, -0.25) is 9.59 Å². The van der Waals surface area contributed by atoms with Crippen molar-refractivity contribution in [1.82, 2.24) is 5.32 Å². The molecule has 1 aromatic carbocycles. The molecule has 6 nitrogen and oxygen atoms in total. The number of benzene rings is 1. The van der Waals surface area contributed by atoms with Crippen LogP contribution in [0.2, 0.25) is 0 Å². The predicted molar refractivity (Wildman–Crippen MR) is 112 cm³/mol. The number of nitrogens with one attached hydrogen (secondary N) is 2. The zero-order valence-corrected chi connectivity index (χ0v) is 17.5. The third-order valence-corrected chi connectivity index (χ3v) is 7.10. The summed E-state index contributed by atoms with van der Waals surface area (Å²) in [7, 11) is 0. The molecule has 158 valence electrons. The van der Waals surface area contributed by atoms with Gasteiger partial charge in [-0.05, 0) is 31.9 Å². The van der Waals surface area contributed by atoms with Gasteiger partial charge in [0.25, 0.3) is 0 Å². The van der Waals surface area contributed by atoms with Crippen LogP contribution in [-0.2, 0) is 14.3 Å². The van der Waals surface area contributed by atoms with E-state index >= 15 is 0 Å². The normalized spacial score (nSPS) is 25.2. The monoisotopic (exact) mass is 400 g/mol. The molecule has 2 N–H and O–H groups in total. The van der Waals surface area contributed by atoms with Gasteiger partial charge in [0.1, 0.15) is 18.6 Å². The van der Waals surface area contributed by atoms with Crippen molar-refractivity contribution in [1.29, 1.82) is 0 Å². The number of aryl methyl sites for hydroxylation is 1. The number of carbonyl (C=O) groups is 2. The van der Waals surface area contributed by atoms with Gasteiger partial charge in [0.05, 0.1) is 25.7 Å². The van der Waals surface area contributed by atoms with E-state index in [1.54, 1.807) is 9.80 Å². The summed E-state index contributed by atoms with van der Waals surface area (Å²) in [6.45, 7) is 6.91. The van der Waals surface area contributed by atoms with Crippen molar-refractivity contribution in [3.63, 3.8) is 0 Å². The lowest BCUT2D eigenvalue weighted by Crippen LogP contribution is -3.23. The standard InChI is InChI=1S/C23H33N3O3/c1-18-5-7-20(8-6-18)26-16-19(15-21(26)27)22(28)24-17-23(9-3-2-4-10-23)25-11-13-29-14-12-25/h5-8,19H,2-4,9-17H2,1H3,(H,24,28)/p+1/t19-/m0/s1. The smallest absolute Gasteiger partial charge is 0.227 e. The molecule has 0 unspecified atom stereocenters. The quantitative estimate of drug-likeness (QED) is 0.778. The highest BCUT2D eigenvalue weighted by Crippen LogP contribution is 2.27. The fourth-order valence-electron chi connectivity index (χ4n) is 5.29. The average molecular weight is 401 g/mol. The Morgan fingerprint density at radius 2 is 1.86 bits per heavy atom. The summed E-state index contributed by atoms with van der Waals surface area (Å²) >= 11 is 0. The van der Waals surface area contributed by atoms with E-state index in [-0.39, 0.29) is 23.3 Å². The highest BCUT2D eigenvalue weighted by Gasteiger charge is 2.43. The van der Waals surface area contributed by atoms with Crippen molar-refractivity contribution in [2.75, 3.05) is 44.3 Å². The lowest BCUT2D eigenvalue weighted by molar-refractivity contribution is -0.960. The maximum absolute atomic E-state index is 13.0. The molecule has 2 amide bonds. The van der Waals surface area contributed by atoms with Gasteiger partial charge in [-0.25, -0.2) is 0 Å². The molecule has 2 aliphatic heterocycles. The van der Waals surface area contributed by atoms with E-state index in [1.807, 2.05) is 31.2 Å². The van der Waals surface area contributed by atoms with Crippen LogP contribution in [-0.4, -0.2) is 56.7 Å². The van der Waals surface area contributed by atoms with Gasteiger partial charge in [-0.1, -0.05) is 24.1 Å². The Kier molecular flexibility index (Phi) is 6.20. The Labute approximate surface area is 173 Å². The zero-order chi connectivity index (χ0) is 20.3. The molecule has 1 atom stereocenters. The summed E-state index contributed by atoms with van der Waals surface area (Å²) in [6.07, 6.45) is 6.41. The second kappa shape index (κ2) is 8.84. The lowest BCUT2D eigenvalue weighted by Gasteiger charge is -2.45. The lowest BCUT2D eigenvalue weighted by atomic mass is 9.79. The Bertz CT molecular complexity index is 721. The van der Waals surface area contributed by atoms with E-state index in [1.165, 1.54) is 32.1 Å². The molecule has 4 rings (SSSR count). The molecule has 0 bridgehead atoms. The van der Waals surface area contributed by atoms with Gasteiger partial charge >= 0.3 is 0 Å². The van der Waals surface area contributed by atoms with Crippen molar-refractivity contribution >= 4 is 17.5 Å². The van der Waals surface area contributed by atoms with E-state index < -0.39 is 0 Å². The van der Waals surface area contributed by atoms with Gasteiger partial charge < -0.3 is 19.9 Å². The second-order valence-corrected chi connectivity index (χ2v) is 9.02. The number of nitrogens with zero attached hydrogens (tertiary/aromatic N) is 1. The number of ether oxygens (including phenoxy) is 1. The molecular formula is C23H34N3O3+. The van der Waals surface area contributed by atoms with Gasteiger partial charge in [-0.15, -0.1) is 0 Å². The Balaban J connectivity index is 1.38. The number of hydrogen-bond donors (Lipinski definition) is 2. The Morgan fingerprint density at radius 3 is 2.55 bits per heavy atom. The molecule has 0 aromatic heterocycles. The summed E-state index contributed by atoms with van der Waals surface area (Å²) in [5.41, 5.74) is 2.19. The first-order valence-electron chi connectivity index (χ1n) is 11.2. The summed E-state index contributed by atoms with van der Waals surface area (Å²) in [5.74, 6) is -0.185. The van der Waals surface area contributed by atoms with Crippen LogP contribution in [0.1, 0.15) is 44.1 Å². The number of rotatable bonds is 5. The van der Waals surface area contributed by atoms with Crippen LogP contribution < -0.4 is 15.1 Å². The summed E-state index contributed by atoms with van der Waals surface area (Å²) in [6, 6.07) is 7.95. The molecule has 2 heterocycles. The Morgan fingerprint density at radius 1 is 1.17 bits per heavy atom. The fraction of sp³-hybridized carbons (Fsp3) is 0.652. The Hall–Kier alpha value is -1.92. The number of quaternary nitrogens is 1. The van der Waals surface area contributed by atoms with E-state index in [0.717, 1.165) is 44.1 Å². The van der Waals surface area contributed by atoms with Gasteiger partial charge in [0.15, 0.2) is 0 Å². The third kappa shape index (κ3) is 4.48. The minimum absolute atomic E-state index is 0.0329. The highest BCUT2D eigenvalue weighted by molar-refractivity contribution is 6.00. The zero-order valence-electron chi connectivity index (χ0n) is 17.5. The van der Waals surface area contributed by atoms with Crippen LogP contribution in [0.4, 0.5) is 5.69 Å². The van der Waals surface area contributed by atoms with Gasteiger partial charge in [0, 0.05) is 31.5 Å². The van der Waals surface area contributed by atoms with Crippen LogP contribution in [0.3, 0.4) is 0 Å². The minimum atomic E-state index is -0.260. The minimum Gasteiger partial charge on any atom is -0.370 e. The molecule has 3 aliphatic rings. The molecule has 6 heteroatoms. The van der Waals surface area contributed by atoms with Crippen LogP contribution in [0.5, 0.6) is 0 Å². The maximum atomic E-state index is 13.0. The van der Waals surface area contributed by atoms with Crippen LogP contribution in [0.25, 0.3) is 0 Å². The number of hydrogen-bond acceptors (Lipinski definition) is 3. The fourth-order valence-corrected chi connectivity index (χ4v) is 5.29. The SMILES string of the molecule is Cc1ccc(N2C[C@@H](C(=O)NCC3([NH+]4CCOCC4)CCCCC3)CC2=O)cc1. The van der Waals surface area contributed by atoms with Crippen LogP contribution >= 0.6 is 0 Å². The van der Waals surface area contributed by atoms with Crippen molar-refractivity contribution in [2.24, 2.45) is 5.92 Å². The number of anilines is 1.